The molecule has 4 heteroatoms. The normalized spacial score (nSPS) is 11.7. The highest BCUT2D eigenvalue weighted by atomic mass is 16.5. The molecule has 0 aliphatic rings. The quantitative estimate of drug-likeness (QED) is 0.411. The first-order chi connectivity index (χ1) is 9.21. The van der Waals surface area contributed by atoms with Gasteiger partial charge in [-0.15, -0.1) is 0 Å². The molecule has 0 saturated carbocycles. The number of carbonyl (C=O) groups is 2. The molecule has 0 spiro atoms. The molecule has 0 heterocycles. The molecule has 0 fully saturated rings. The number of methoxy groups -OCH3 is 1. The minimum Gasteiger partial charge on any atom is -0.497 e. The lowest BCUT2D eigenvalue weighted by Gasteiger charge is -2.12. The number of unbranched alkanes of at least 4 members (excludes halogenated alkanes) is 2. The second-order valence-corrected chi connectivity index (χ2v) is 4.30. The predicted octanol–water partition coefficient (Wildman–Crippen LogP) is 3.00. The molecule has 1 rings (SSSR count). The van der Waals surface area contributed by atoms with Crippen molar-refractivity contribution in [2.75, 3.05) is 7.11 Å². The molecule has 1 aromatic carbocycles. The summed E-state index contributed by atoms with van der Waals surface area (Å²) in [5.41, 5.74) is 0.420. The summed E-state index contributed by atoms with van der Waals surface area (Å²) in [4.78, 5) is 22.7. The van der Waals surface area contributed by atoms with E-state index >= 15 is 0 Å². The van der Waals surface area contributed by atoms with Crippen molar-refractivity contribution in [1.82, 2.24) is 0 Å². The molecule has 0 bridgehead atoms. The van der Waals surface area contributed by atoms with E-state index in [1.807, 2.05) is 0 Å². The van der Waals surface area contributed by atoms with Crippen molar-refractivity contribution < 1.29 is 19.1 Å². The van der Waals surface area contributed by atoms with Crippen LogP contribution in [0.15, 0.2) is 24.3 Å². The fourth-order valence-electron chi connectivity index (χ4n) is 1.68. The minimum atomic E-state index is -0.652. The van der Waals surface area contributed by atoms with Crippen LogP contribution in [0.2, 0.25) is 0 Å². The number of esters is 1. The number of hydrogen-bond acceptors (Lipinski definition) is 4. The van der Waals surface area contributed by atoms with E-state index in [9.17, 15) is 9.59 Å². The van der Waals surface area contributed by atoms with Crippen molar-refractivity contribution in [2.24, 2.45) is 0 Å². The smallest absolute Gasteiger partial charge is 0.338 e. The van der Waals surface area contributed by atoms with Crippen LogP contribution in [0.5, 0.6) is 5.75 Å². The molecule has 1 atom stereocenters. The largest absolute Gasteiger partial charge is 0.497 e. The third-order valence-corrected chi connectivity index (χ3v) is 2.83. The number of ether oxygens (including phenoxy) is 2. The molecule has 0 aromatic heterocycles. The summed E-state index contributed by atoms with van der Waals surface area (Å²) >= 11 is 0. The third kappa shape index (κ3) is 5.12. The number of hydrogen-bond donors (Lipinski definition) is 0. The van der Waals surface area contributed by atoms with E-state index in [1.54, 1.807) is 31.4 Å². The van der Waals surface area contributed by atoms with E-state index in [4.69, 9.17) is 9.47 Å². The van der Waals surface area contributed by atoms with E-state index in [0.717, 1.165) is 19.3 Å². The van der Waals surface area contributed by atoms with Crippen LogP contribution in [0.4, 0.5) is 0 Å². The van der Waals surface area contributed by atoms with Gasteiger partial charge >= 0.3 is 5.97 Å². The maximum atomic E-state index is 11.8. The van der Waals surface area contributed by atoms with Crippen LogP contribution in [-0.2, 0) is 9.53 Å². The Kier molecular flexibility index (Phi) is 6.64. The van der Waals surface area contributed by atoms with E-state index in [-0.39, 0.29) is 0 Å². The highest BCUT2D eigenvalue weighted by Crippen LogP contribution is 2.13. The molecule has 104 valence electrons. The van der Waals surface area contributed by atoms with Gasteiger partial charge in [-0.1, -0.05) is 19.8 Å². The third-order valence-electron chi connectivity index (χ3n) is 2.83. The maximum Gasteiger partial charge on any atom is 0.338 e. The Labute approximate surface area is 113 Å². The van der Waals surface area contributed by atoms with Crippen LogP contribution in [-0.4, -0.2) is 25.5 Å². The van der Waals surface area contributed by atoms with Crippen molar-refractivity contribution in [1.29, 1.82) is 0 Å². The van der Waals surface area contributed by atoms with Gasteiger partial charge in [-0.05, 0) is 37.1 Å². The summed E-state index contributed by atoms with van der Waals surface area (Å²) in [6, 6.07) is 6.61. The summed E-state index contributed by atoms with van der Waals surface area (Å²) in [6.45, 7) is 2.08. The zero-order chi connectivity index (χ0) is 14.1. The molecule has 1 aromatic rings. The molecule has 0 N–H and O–H groups in total. The van der Waals surface area contributed by atoms with Crippen LogP contribution in [0.3, 0.4) is 0 Å². The zero-order valence-electron chi connectivity index (χ0n) is 11.4. The number of carbonyl (C=O) groups excluding carboxylic acids is 2. The van der Waals surface area contributed by atoms with Gasteiger partial charge in [0, 0.05) is 0 Å². The van der Waals surface area contributed by atoms with Gasteiger partial charge in [0.15, 0.2) is 12.4 Å². The number of rotatable bonds is 8. The topological polar surface area (TPSA) is 52.6 Å². The zero-order valence-corrected chi connectivity index (χ0v) is 11.4. The van der Waals surface area contributed by atoms with Gasteiger partial charge in [-0.25, -0.2) is 4.79 Å². The van der Waals surface area contributed by atoms with Gasteiger partial charge in [0.1, 0.15) is 5.75 Å². The molecule has 19 heavy (non-hydrogen) atoms. The van der Waals surface area contributed by atoms with E-state index in [1.165, 1.54) is 0 Å². The first kappa shape index (κ1) is 15.2. The molecule has 0 amide bonds. The van der Waals surface area contributed by atoms with Crippen molar-refractivity contribution in [3.63, 3.8) is 0 Å². The molecule has 0 aliphatic carbocycles. The summed E-state index contributed by atoms with van der Waals surface area (Å²) in [6.07, 6.45) is 3.61. The van der Waals surface area contributed by atoms with Gasteiger partial charge in [0.05, 0.1) is 12.7 Å². The van der Waals surface area contributed by atoms with Crippen LogP contribution in [0.1, 0.15) is 43.0 Å². The molecular weight excluding hydrogens is 244 g/mol. The number of aldehydes is 1. The Bertz CT molecular complexity index is 397. The van der Waals surface area contributed by atoms with Crippen molar-refractivity contribution >= 4 is 12.3 Å². The van der Waals surface area contributed by atoms with Gasteiger partial charge in [-0.3, -0.25) is 4.79 Å². The van der Waals surface area contributed by atoms with Crippen LogP contribution in [0.25, 0.3) is 0 Å². The second kappa shape index (κ2) is 8.29. The Morgan fingerprint density at radius 1 is 1.26 bits per heavy atom. The highest BCUT2D eigenvalue weighted by molar-refractivity contribution is 5.90. The molecule has 0 radical (unpaired) electrons. The highest BCUT2D eigenvalue weighted by Gasteiger charge is 2.14. The maximum absolute atomic E-state index is 11.8. The predicted molar refractivity (Wildman–Crippen MR) is 72.4 cm³/mol. The summed E-state index contributed by atoms with van der Waals surface area (Å²) in [5.74, 6) is 0.197. The monoisotopic (exact) mass is 264 g/mol. The standard InChI is InChI=1S/C15H20O4/c1-3-4-5-6-14(11-16)19-15(17)12-7-9-13(18-2)10-8-12/h7-11,14H,3-6H2,1-2H3/t14-/m0/s1. The SMILES string of the molecule is CCCCC[C@@H](C=O)OC(=O)c1ccc(OC)cc1. The van der Waals surface area contributed by atoms with Crippen LogP contribution in [0, 0.1) is 0 Å². The average Bonchev–Trinajstić information content (AvgIpc) is 2.46. The lowest BCUT2D eigenvalue weighted by Crippen LogP contribution is -2.19. The first-order valence-corrected chi connectivity index (χ1v) is 6.51. The fraction of sp³-hybridized carbons (Fsp3) is 0.467. The van der Waals surface area contributed by atoms with E-state index in [2.05, 4.69) is 6.92 Å². The van der Waals surface area contributed by atoms with Crippen molar-refractivity contribution in [2.45, 2.75) is 38.7 Å². The molecule has 0 saturated heterocycles. The Hall–Kier alpha value is -1.84. The lowest BCUT2D eigenvalue weighted by atomic mass is 10.1. The van der Waals surface area contributed by atoms with Gasteiger partial charge in [0.2, 0.25) is 0 Å². The fourth-order valence-corrected chi connectivity index (χ4v) is 1.68. The van der Waals surface area contributed by atoms with E-state index < -0.39 is 12.1 Å². The van der Waals surface area contributed by atoms with Gasteiger partial charge in [-0.2, -0.15) is 0 Å². The summed E-state index contributed by atoms with van der Waals surface area (Å²) in [7, 11) is 1.56. The molecule has 4 nitrogen and oxygen atoms in total. The van der Waals surface area contributed by atoms with Gasteiger partial charge in [0.25, 0.3) is 0 Å². The van der Waals surface area contributed by atoms with Crippen molar-refractivity contribution in [3.8, 4) is 5.75 Å². The molecule has 0 aliphatic heterocycles. The lowest BCUT2D eigenvalue weighted by molar-refractivity contribution is -0.115. The van der Waals surface area contributed by atoms with Crippen molar-refractivity contribution in [3.05, 3.63) is 29.8 Å². The molecular formula is C15H20O4. The van der Waals surface area contributed by atoms with Crippen LogP contribution >= 0.6 is 0 Å². The minimum absolute atomic E-state index is 0.420. The Balaban J connectivity index is 2.53. The van der Waals surface area contributed by atoms with Gasteiger partial charge < -0.3 is 9.47 Å². The van der Waals surface area contributed by atoms with E-state index in [0.29, 0.717) is 24.0 Å². The number of benzene rings is 1. The van der Waals surface area contributed by atoms with Crippen LogP contribution < -0.4 is 4.74 Å². The summed E-state index contributed by atoms with van der Waals surface area (Å²) in [5, 5.41) is 0. The first-order valence-electron chi connectivity index (χ1n) is 6.51. The second-order valence-electron chi connectivity index (χ2n) is 4.30. The Morgan fingerprint density at radius 2 is 1.95 bits per heavy atom. The molecule has 0 unspecified atom stereocenters. The average molecular weight is 264 g/mol. The Morgan fingerprint density at radius 3 is 2.47 bits per heavy atom. The summed E-state index contributed by atoms with van der Waals surface area (Å²) < 4.78 is 10.2.